The molecule has 2 aromatic carbocycles. The van der Waals surface area contributed by atoms with Gasteiger partial charge >= 0.3 is 0 Å². The number of aromatic hydroxyl groups is 1. The van der Waals surface area contributed by atoms with Crippen LogP contribution in [0.3, 0.4) is 0 Å². The fourth-order valence-corrected chi connectivity index (χ4v) is 3.37. The molecule has 2 aromatic rings. The summed E-state index contributed by atoms with van der Waals surface area (Å²) in [6.07, 6.45) is 4.04. The molecule has 0 saturated carbocycles. The van der Waals surface area contributed by atoms with Gasteiger partial charge in [-0.2, -0.15) is 0 Å². The fourth-order valence-electron chi connectivity index (χ4n) is 3.37. The van der Waals surface area contributed by atoms with Gasteiger partial charge in [-0.1, -0.05) is 42.5 Å². The van der Waals surface area contributed by atoms with Crippen LogP contribution < -0.4 is 0 Å². The van der Waals surface area contributed by atoms with Crippen LogP contribution in [-0.4, -0.2) is 28.5 Å². The summed E-state index contributed by atoms with van der Waals surface area (Å²) in [6, 6.07) is 16.0. The summed E-state index contributed by atoms with van der Waals surface area (Å²) in [5, 5.41) is 10.2. The van der Waals surface area contributed by atoms with Crippen molar-refractivity contribution in [3.8, 4) is 5.75 Å². The lowest BCUT2D eigenvalue weighted by Gasteiger charge is -2.25. The maximum atomic E-state index is 12.8. The van der Waals surface area contributed by atoms with Crippen molar-refractivity contribution in [2.75, 3.05) is 6.54 Å². The second-order valence-electron chi connectivity index (χ2n) is 6.29. The second-order valence-corrected chi connectivity index (χ2v) is 6.29. The van der Waals surface area contributed by atoms with Crippen molar-refractivity contribution in [1.29, 1.82) is 0 Å². The lowest BCUT2D eigenvalue weighted by Crippen LogP contribution is -2.35. The van der Waals surface area contributed by atoms with E-state index in [1.807, 2.05) is 30.0 Å². The number of para-hydroxylation sites is 1. The van der Waals surface area contributed by atoms with Gasteiger partial charge in [0.05, 0.1) is 5.56 Å². The number of benzene rings is 2. The molecule has 0 aromatic heterocycles. The molecule has 1 unspecified atom stereocenters. The molecule has 1 atom stereocenters. The molecular formula is C20H23NO2. The van der Waals surface area contributed by atoms with Gasteiger partial charge in [-0.15, -0.1) is 0 Å². The predicted octanol–water partition coefficient (Wildman–Crippen LogP) is 3.94. The molecule has 0 aliphatic carbocycles. The molecule has 1 aliphatic heterocycles. The molecule has 3 heteroatoms. The number of likely N-dealkylation sites (tertiary alicyclic amines) is 1. The normalized spacial score (nSPS) is 17.4. The summed E-state index contributed by atoms with van der Waals surface area (Å²) < 4.78 is 0. The van der Waals surface area contributed by atoms with Crippen LogP contribution in [0.2, 0.25) is 0 Å². The molecule has 1 amide bonds. The van der Waals surface area contributed by atoms with E-state index < -0.39 is 0 Å². The van der Waals surface area contributed by atoms with Crippen LogP contribution in [0, 0.1) is 6.92 Å². The Hall–Kier alpha value is -2.29. The first-order valence-electron chi connectivity index (χ1n) is 8.30. The molecule has 0 bridgehead atoms. The summed E-state index contributed by atoms with van der Waals surface area (Å²) in [4.78, 5) is 14.7. The molecule has 1 heterocycles. The number of phenolic OH excluding ortho intramolecular Hbond substituents is 1. The Balaban J connectivity index is 1.71. The molecule has 0 spiro atoms. The van der Waals surface area contributed by atoms with Crippen molar-refractivity contribution in [1.82, 2.24) is 4.90 Å². The SMILES string of the molecule is Cc1cccc(C(=O)N2CCCC2CCc2ccccc2)c1O. The number of hydrogen-bond acceptors (Lipinski definition) is 2. The van der Waals surface area contributed by atoms with Gasteiger partial charge in [0, 0.05) is 12.6 Å². The van der Waals surface area contributed by atoms with E-state index >= 15 is 0 Å². The van der Waals surface area contributed by atoms with Crippen LogP contribution in [0.15, 0.2) is 48.5 Å². The molecule has 1 aliphatic rings. The minimum Gasteiger partial charge on any atom is -0.507 e. The number of carbonyl (C=O) groups excluding carboxylic acids is 1. The van der Waals surface area contributed by atoms with Crippen molar-refractivity contribution < 1.29 is 9.90 Å². The Bertz CT molecular complexity index is 681. The van der Waals surface area contributed by atoms with Gasteiger partial charge in [0.2, 0.25) is 0 Å². The highest BCUT2D eigenvalue weighted by atomic mass is 16.3. The maximum absolute atomic E-state index is 12.8. The molecule has 0 radical (unpaired) electrons. The molecule has 1 N–H and O–H groups in total. The van der Waals surface area contributed by atoms with Gasteiger partial charge in [-0.3, -0.25) is 4.79 Å². The minimum absolute atomic E-state index is 0.0400. The summed E-state index contributed by atoms with van der Waals surface area (Å²) in [7, 11) is 0. The zero-order chi connectivity index (χ0) is 16.2. The summed E-state index contributed by atoms with van der Waals surface area (Å²) in [5.41, 5.74) is 2.48. The van der Waals surface area contributed by atoms with E-state index in [0.29, 0.717) is 5.56 Å². The van der Waals surface area contributed by atoms with Crippen molar-refractivity contribution in [3.63, 3.8) is 0 Å². The molecule has 23 heavy (non-hydrogen) atoms. The van der Waals surface area contributed by atoms with Crippen molar-refractivity contribution in [3.05, 3.63) is 65.2 Å². The van der Waals surface area contributed by atoms with Crippen LogP contribution in [0.4, 0.5) is 0 Å². The molecule has 120 valence electrons. The smallest absolute Gasteiger partial charge is 0.257 e. The van der Waals surface area contributed by atoms with Crippen LogP contribution >= 0.6 is 0 Å². The van der Waals surface area contributed by atoms with E-state index in [-0.39, 0.29) is 17.7 Å². The highest BCUT2D eigenvalue weighted by Gasteiger charge is 2.30. The number of hydrogen-bond donors (Lipinski definition) is 1. The van der Waals surface area contributed by atoms with E-state index in [1.54, 1.807) is 6.07 Å². The first-order valence-corrected chi connectivity index (χ1v) is 8.30. The standard InChI is InChI=1S/C20H23NO2/c1-15-7-5-11-18(19(15)22)20(23)21-14-6-10-17(21)13-12-16-8-3-2-4-9-16/h2-5,7-9,11,17,22H,6,10,12-14H2,1H3. The van der Waals surface area contributed by atoms with E-state index in [0.717, 1.165) is 37.8 Å². The van der Waals surface area contributed by atoms with Crippen LogP contribution in [0.5, 0.6) is 5.75 Å². The third-order valence-corrected chi connectivity index (χ3v) is 4.72. The van der Waals surface area contributed by atoms with Gasteiger partial charge in [-0.25, -0.2) is 0 Å². The fraction of sp³-hybridized carbons (Fsp3) is 0.350. The third kappa shape index (κ3) is 3.39. The average Bonchev–Trinajstić information content (AvgIpc) is 3.04. The predicted molar refractivity (Wildman–Crippen MR) is 91.7 cm³/mol. The highest BCUT2D eigenvalue weighted by molar-refractivity contribution is 5.97. The first kappa shape index (κ1) is 15.6. The number of carbonyl (C=O) groups is 1. The average molecular weight is 309 g/mol. The number of nitrogens with zero attached hydrogens (tertiary/aromatic N) is 1. The molecular weight excluding hydrogens is 286 g/mol. The number of phenols is 1. The molecule has 3 rings (SSSR count). The van der Waals surface area contributed by atoms with Gasteiger partial charge < -0.3 is 10.0 Å². The Morgan fingerprint density at radius 2 is 1.96 bits per heavy atom. The zero-order valence-corrected chi connectivity index (χ0v) is 13.5. The number of aryl methyl sites for hydroxylation is 2. The minimum atomic E-state index is -0.0400. The highest BCUT2D eigenvalue weighted by Crippen LogP contribution is 2.28. The molecule has 3 nitrogen and oxygen atoms in total. The van der Waals surface area contributed by atoms with Crippen LogP contribution in [-0.2, 0) is 6.42 Å². The van der Waals surface area contributed by atoms with Gasteiger partial charge in [0.1, 0.15) is 5.75 Å². The maximum Gasteiger partial charge on any atom is 0.257 e. The zero-order valence-electron chi connectivity index (χ0n) is 13.5. The number of amides is 1. The van der Waals surface area contributed by atoms with Gasteiger partial charge in [0.15, 0.2) is 0 Å². The lowest BCUT2D eigenvalue weighted by atomic mass is 10.0. The lowest BCUT2D eigenvalue weighted by molar-refractivity contribution is 0.0727. The van der Waals surface area contributed by atoms with Crippen molar-refractivity contribution >= 4 is 5.91 Å². The van der Waals surface area contributed by atoms with Crippen molar-refractivity contribution in [2.24, 2.45) is 0 Å². The quantitative estimate of drug-likeness (QED) is 0.929. The second kappa shape index (κ2) is 6.86. The Morgan fingerprint density at radius 3 is 2.74 bits per heavy atom. The molecule has 1 fully saturated rings. The van der Waals surface area contributed by atoms with E-state index in [2.05, 4.69) is 24.3 Å². The van der Waals surface area contributed by atoms with Crippen LogP contribution in [0.25, 0.3) is 0 Å². The van der Waals surface area contributed by atoms with E-state index in [1.165, 1.54) is 5.56 Å². The van der Waals surface area contributed by atoms with Crippen molar-refractivity contribution in [2.45, 2.75) is 38.6 Å². The Labute approximate surface area is 137 Å². The summed E-state index contributed by atoms with van der Waals surface area (Å²) in [5.74, 6) is 0.0768. The van der Waals surface area contributed by atoms with E-state index in [4.69, 9.17) is 0 Å². The van der Waals surface area contributed by atoms with Crippen LogP contribution in [0.1, 0.15) is 40.7 Å². The Morgan fingerprint density at radius 1 is 1.17 bits per heavy atom. The number of rotatable bonds is 4. The topological polar surface area (TPSA) is 40.5 Å². The van der Waals surface area contributed by atoms with Gasteiger partial charge in [0.25, 0.3) is 5.91 Å². The third-order valence-electron chi connectivity index (χ3n) is 4.72. The summed E-state index contributed by atoms with van der Waals surface area (Å²) >= 11 is 0. The molecule has 1 saturated heterocycles. The largest absolute Gasteiger partial charge is 0.507 e. The van der Waals surface area contributed by atoms with Gasteiger partial charge in [-0.05, 0) is 49.8 Å². The summed E-state index contributed by atoms with van der Waals surface area (Å²) in [6.45, 7) is 2.61. The van der Waals surface area contributed by atoms with E-state index in [9.17, 15) is 9.90 Å². The Kier molecular flexibility index (Phi) is 4.65. The first-order chi connectivity index (χ1) is 11.2. The monoisotopic (exact) mass is 309 g/mol.